The molecule has 0 saturated carbocycles. The van der Waals surface area contributed by atoms with Crippen LogP contribution in [0, 0.1) is 0 Å². The number of benzene rings is 2. The van der Waals surface area contributed by atoms with Crippen LogP contribution in [0.4, 0.5) is 0 Å². The van der Waals surface area contributed by atoms with Crippen molar-refractivity contribution in [1.29, 1.82) is 0 Å². The van der Waals surface area contributed by atoms with E-state index in [0.29, 0.717) is 27.6 Å². The van der Waals surface area contributed by atoms with Crippen molar-refractivity contribution in [2.75, 3.05) is 14.2 Å². The van der Waals surface area contributed by atoms with Crippen LogP contribution in [0.1, 0.15) is 17.0 Å². The summed E-state index contributed by atoms with van der Waals surface area (Å²) >= 11 is 6.16. The topological polar surface area (TPSA) is 76.0 Å². The van der Waals surface area contributed by atoms with Gasteiger partial charge in [-0.15, -0.1) is 0 Å². The maximum absolute atomic E-state index is 11.6. The van der Waals surface area contributed by atoms with Crippen LogP contribution >= 0.6 is 11.6 Å². The van der Waals surface area contributed by atoms with Gasteiger partial charge in [0.25, 0.3) is 0 Å². The molecule has 1 unspecified atom stereocenters. The summed E-state index contributed by atoms with van der Waals surface area (Å²) in [5.41, 5.74) is 1.21. The molecule has 0 fully saturated rings. The van der Waals surface area contributed by atoms with E-state index in [2.05, 4.69) is 0 Å². The summed E-state index contributed by atoms with van der Waals surface area (Å²) in [6.07, 6.45) is 0.207. The van der Waals surface area contributed by atoms with Crippen LogP contribution in [-0.4, -0.2) is 30.4 Å². The third kappa shape index (κ3) is 3.87. The summed E-state index contributed by atoms with van der Waals surface area (Å²) in [7, 11) is 2.97. The summed E-state index contributed by atoms with van der Waals surface area (Å²) in [5.74, 6) is -0.922. The number of hydrogen-bond acceptors (Lipinski definition) is 4. The highest BCUT2D eigenvalue weighted by atomic mass is 35.5. The average Bonchev–Trinajstić information content (AvgIpc) is 2.51. The van der Waals surface area contributed by atoms with Gasteiger partial charge >= 0.3 is 5.97 Å². The lowest BCUT2D eigenvalue weighted by molar-refractivity contribution is -0.138. The second-order valence-electron chi connectivity index (χ2n) is 5.00. The Morgan fingerprint density at radius 1 is 1.22 bits per heavy atom. The standard InChI is InChI=1S/C17H17ClO5/c1-22-15-8-10(7-14(18)16(15)23-2)6-13(17(20)21)11-4-3-5-12(19)9-11/h3-5,7-9,13,19H,6H2,1-2H3,(H,20,21). The minimum absolute atomic E-state index is 0.0269. The number of halogens is 1. The van der Waals surface area contributed by atoms with Gasteiger partial charge in [-0.25, -0.2) is 0 Å². The molecular weight excluding hydrogens is 320 g/mol. The third-order valence-electron chi connectivity index (χ3n) is 3.50. The highest BCUT2D eigenvalue weighted by Crippen LogP contribution is 2.37. The summed E-state index contributed by atoms with van der Waals surface area (Å²) in [6, 6.07) is 9.57. The van der Waals surface area contributed by atoms with Gasteiger partial charge in [0, 0.05) is 0 Å². The maximum Gasteiger partial charge on any atom is 0.311 e. The van der Waals surface area contributed by atoms with Crippen molar-refractivity contribution in [3.8, 4) is 17.2 Å². The molecule has 2 aromatic carbocycles. The molecule has 0 aromatic heterocycles. The third-order valence-corrected chi connectivity index (χ3v) is 3.78. The Balaban J connectivity index is 2.38. The quantitative estimate of drug-likeness (QED) is 0.844. The normalized spacial score (nSPS) is 11.8. The monoisotopic (exact) mass is 336 g/mol. The maximum atomic E-state index is 11.6. The van der Waals surface area contributed by atoms with Crippen molar-refractivity contribution >= 4 is 17.6 Å². The number of carboxylic acid groups (broad SMARTS) is 1. The summed E-state index contributed by atoms with van der Waals surface area (Å²) in [6.45, 7) is 0. The first-order valence-electron chi connectivity index (χ1n) is 6.88. The zero-order valence-corrected chi connectivity index (χ0v) is 13.5. The zero-order valence-electron chi connectivity index (χ0n) is 12.7. The van der Waals surface area contributed by atoms with Gasteiger partial charge in [0.1, 0.15) is 5.75 Å². The van der Waals surface area contributed by atoms with Crippen molar-refractivity contribution in [3.63, 3.8) is 0 Å². The van der Waals surface area contributed by atoms with Crippen LogP contribution in [0.25, 0.3) is 0 Å². The molecule has 2 N–H and O–H groups in total. The summed E-state index contributed by atoms with van der Waals surface area (Å²) < 4.78 is 10.4. The number of rotatable bonds is 6. The Kier molecular flexibility index (Phi) is 5.34. The minimum Gasteiger partial charge on any atom is -0.508 e. The molecule has 2 rings (SSSR count). The molecule has 0 aliphatic carbocycles. The molecule has 0 amide bonds. The predicted octanol–water partition coefficient (Wildman–Crippen LogP) is 3.47. The van der Waals surface area contributed by atoms with E-state index in [-0.39, 0.29) is 12.2 Å². The van der Waals surface area contributed by atoms with Gasteiger partial charge in [-0.2, -0.15) is 0 Å². The highest BCUT2D eigenvalue weighted by molar-refractivity contribution is 6.32. The average molecular weight is 337 g/mol. The zero-order chi connectivity index (χ0) is 17.0. The van der Waals surface area contributed by atoms with Gasteiger partial charge in [-0.05, 0) is 41.8 Å². The Morgan fingerprint density at radius 3 is 2.52 bits per heavy atom. The number of aliphatic carboxylic acids is 1. The number of carboxylic acids is 1. The lowest BCUT2D eigenvalue weighted by atomic mass is 9.92. The first kappa shape index (κ1) is 17.0. The van der Waals surface area contributed by atoms with E-state index in [1.165, 1.54) is 26.4 Å². The molecular formula is C17H17ClO5. The lowest BCUT2D eigenvalue weighted by Gasteiger charge is -2.16. The van der Waals surface area contributed by atoms with Crippen molar-refractivity contribution in [3.05, 3.63) is 52.5 Å². The summed E-state index contributed by atoms with van der Waals surface area (Å²) in [5, 5.41) is 19.4. The van der Waals surface area contributed by atoms with Crippen LogP contribution in [0.2, 0.25) is 5.02 Å². The number of phenols is 1. The smallest absolute Gasteiger partial charge is 0.311 e. The molecule has 122 valence electrons. The summed E-state index contributed by atoms with van der Waals surface area (Å²) in [4.78, 5) is 11.6. The van der Waals surface area contributed by atoms with Crippen molar-refractivity contribution in [2.45, 2.75) is 12.3 Å². The molecule has 23 heavy (non-hydrogen) atoms. The molecule has 0 heterocycles. The Bertz CT molecular complexity index is 714. The van der Waals surface area contributed by atoms with E-state index in [4.69, 9.17) is 21.1 Å². The molecule has 0 aliphatic rings. The van der Waals surface area contributed by atoms with Crippen LogP contribution in [0.15, 0.2) is 36.4 Å². The van der Waals surface area contributed by atoms with Gasteiger partial charge in [0.2, 0.25) is 0 Å². The van der Waals surface area contributed by atoms with E-state index in [0.717, 1.165) is 0 Å². The number of phenolic OH excluding ortho intramolecular Hbond substituents is 1. The number of ether oxygens (including phenoxy) is 2. The predicted molar refractivity (Wildman–Crippen MR) is 86.7 cm³/mol. The van der Waals surface area contributed by atoms with Crippen LogP contribution in [0.3, 0.4) is 0 Å². The number of carbonyl (C=O) groups is 1. The number of aromatic hydroxyl groups is 1. The van der Waals surface area contributed by atoms with Crippen molar-refractivity contribution in [2.24, 2.45) is 0 Å². The molecule has 0 bridgehead atoms. The minimum atomic E-state index is -0.985. The Hall–Kier alpha value is -2.40. The molecule has 0 spiro atoms. The van der Waals surface area contributed by atoms with E-state index in [1.54, 1.807) is 24.3 Å². The Morgan fingerprint density at radius 2 is 1.96 bits per heavy atom. The van der Waals surface area contributed by atoms with Crippen molar-refractivity contribution in [1.82, 2.24) is 0 Å². The molecule has 0 aliphatic heterocycles. The molecule has 5 nitrogen and oxygen atoms in total. The van der Waals surface area contributed by atoms with Gasteiger partial charge < -0.3 is 19.7 Å². The first-order valence-corrected chi connectivity index (χ1v) is 7.26. The lowest BCUT2D eigenvalue weighted by Crippen LogP contribution is -2.14. The highest BCUT2D eigenvalue weighted by Gasteiger charge is 2.22. The van der Waals surface area contributed by atoms with Crippen molar-refractivity contribution < 1.29 is 24.5 Å². The molecule has 0 radical (unpaired) electrons. The van der Waals surface area contributed by atoms with Crippen LogP contribution in [-0.2, 0) is 11.2 Å². The Labute approximate surface area is 139 Å². The fourth-order valence-corrected chi connectivity index (χ4v) is 2.72. The number of methoxy groups -OCH3 is 2. The SMILES string of the molecule is COc1cc(CC(C(=O)O)c2cccc(O)c2)cc(Cl)c1OC. The van der Waals surface area contributed by atoms with E-state index in [1.807, 2.05) is 0 Å². The van der Waals surface area contributed by atoms with Crippen LogP contribution < -0.4 is 9.47 Å². The first-order chi connectivity index (χ1) is 11.0. The second-order valence-corrected chi connectivity index (χ2v) is 5.41. The van der Waals surface area contributed by atoms with Gasteiger partial charge in [0.15, 0.2) is 11.5 Å². The molecule has 6 heteroatoms. The van der Waals surface area contributed by atoms with E-state index < -0.39 is 11.9 Å². The fraction of sp³-hybridized carbons (Fsp3) is 0.235. The van der Waals surface area contributed by atoms with E-state index in [9.17, 15) is 15.0 Å². The molecule has 1 atom stereocenters. The van der Waals surface area contributed by atoms with E-state index >= 15 is 0 Å². The molecule has 2 aromatic rings. The largest absolute Gasteiger partial charge is 0.508 e. The van der Waals surface area contributed by atoms with Gasteiger partial charge in [-0.3, -0.25) is 4.79 Å². The molecule has 0 saturated heterocycles. The van der Waals surface area contributed by atoms with Gasteiger partial charge in [-0.1, -0.05) is 23.7 Å². The van der Waals surface area contributed by atoms with Gasteiger partial charge in [0.05, 0.1) is 25.2 Å². The fourth-order valence-electron chi connectivity index (χ4n) is 2.41. The van der Waals surface area contributed by atoms with Crippen LogP contribution in [0.5, 0.6) is 17.2 Å². The number of hydrogen-bond donors (Lipinski definition) is 2. The second kappa shape index (κ2) is 7.24.